The molecule has 33 heavy (non-hydrogen) atoms. The Balaban J connectivity index is 1.40. The quantitative estimate of drug-likeness (QED) is 0.436. The highest BCUT2D eigenvalue weighted by Gasteiger charge is 2.30. The van der Waals surface area contributed by atoms with Crippen molar-refractivity contribution in [2.24, 2.45) is 0 Å². The number of halogens is 1. The Morgan fingerprint density at radius 1 is 1.00 bits per heavy atom. The number of benzene rings is 2. The van der Waals surface area contributed by atoms with Gasteiger partial charge in [0.15, 0.2) is 17.0 Å². The molecule has 0 N–H and O–H groups in total. The van der Waals surface area contributed by atoms with Crippen molar-refractivity contribution in [2.45, 2.75) is 4.90 Å². The molecule has 1 saturated heterocycles. The second-order valence-corrected chi connectivity index (χ2v) is 9.36. The van der Waals surface area contributed by atoms with E-state index < -0.39 is 15.8 Å². The molecule has 2 aromatic heterocycles. The second kappa shape index (κ2) is 8.37. The van der Waals surface area contributed by atoms with Crippen LogP contribution in [-0.4, -0.2) is 71.0 Å². The summed E-state index contributed by atoms with van der Waals surface area (Å²) in [6.45, 7) is 1.25. The Hall–Kier alpha value is -3.64. The maximum atomic E-state index is 13.5. The van der Waals surface area contributed by atoms with Gasteiger partial charge in [0, 0.05) is 32.2 Å². The van der Waals surface area contributed by atoms with Crippen LogP contribution in [0.2, 0.25) is 0 Å². The van der Waals surface area contributed by atoms with Gasteiger partial charge >= 0.3 is 0 Å². The van der Waals surface area contributed by atoms with Crippen molar-refractivity contribution in [1.82, 2.24) is 29.3 Å². The molecule has 0 spiro atoms. The smallest absolute Gasteiger partial charge is 0.243 e. The third kappa shape index (κ3) is 3.87. The standard InChI is InChI=1S/C21H20FN7O3S/c1-32-17-6-3-5-16(13-17)29-21-19(25-26-29)20(23-14-24-21)27-8-10-28(11-9-27)33(30,31)18-7-2-4-15(22)12-18/h2-7,12-14H,8-11H2,1H3. The van der Waals surface area contributed by atoms with Crippen LogP contribution >= 0.6 is 0 Å². The second-order valence-electron chi connectivity index (χ2n) is 7.42. The lowest BCUT2D eigenvalue weighted by molar-refractivity contribution is 0.384. The number of methoxy groups -OCH3 is 1. The molecule has 1 aliphatic heterocycles. The first-order valence-electron chi connectivity index (χ1n) is 10.2. The van der Waals surface area contributed by atoms with Crippen molar-refractivity contribution < 1.29 is 17.5 Å². The average Bonchev–Trinajstić information content (AvgIpc) is 3.28. The van der Waals surface area contributed by atoms with Gasteiger partial charge in [-0.25, -0.2) is 22.8 Å². The number of ether oxygens (including phenoxy) is 1. The van der Waals surface area contributed by atoms with Crippen LogP contribution in [-0.2, 0) is 10.0 Å². The van der Waals surface area contributed by atoms with E-state index in [1.807, 2.05) is 29.2 Å². The highest BCUT2D eigenvalue weighted by molar-refractivity contribution is 7.89. The number of sulfonamides is 1. The maximum absolute atomic E-state index is 13.5. The zero-order valence-electron chi connectivity index (χ0n) is 17.7. The van der Waals surface area contributed by atoms with Crippen molar-refractivity contribution in [2.75, 3.05) is 38.2 Å². The predicted molar refractivity (Wildman–Crippen MR) is 118 cm³/mol. The molecule has 5 rings (SSSR count). The molecule has 170 valence electrons. The highest BCUT2D eigenvalue weighted by atomic mass is 32.2. The summed E-state index contributed by atoms with van der Waals surface area (Å²) in [4.78, 5) is 10.6. The Bertz CT molecular complexity index is 1420. The first-order chi connectivity index (χ1) is 16.0. The van der Waals surface area contributed by atoms with Gasteiger partial charge < -0.3 is 9.64 Å². The molecule has 10 nitrogen and oxygen atoms in total. The van der Waals surface area contributed by atoms with Gasteiger partial charge in [0.2, 0.25) is 10.0 Å². The fraction of sp³-hybridized carbons (Fsp3) is 0.238. The summed E-state index contributed by atoms with van der Waals surface area (Å²) in [6, 6.07) is 12.4. The fourth-order valence-corrected chi connectivity index (χ4v) is 5.26. The number of hydrogen-bond donors (Lipinski definition) is 0. The first-order valence-corrected chi connectivity index (χ1v) is 11.6. The van der Waals surface area contributed by atoms with E-state index in [-0.39, 0.29) is 18.0 Å². The summed E-state index contributed by atoms with van der Waals surface area (Å²) in [5.74, 6) is 0.676. The molecule has 12 heteroatoms. The molecule has 1 fully saturated rings. The molecule has 1 aliphatic rings. The molecule has 0 atom stereocenters. The first kappa shape index (κ1) is 21.2. The van der Waals surface area contributed by atoms with E-state index in [1.54, 1.807) is 11.8 Å². The molecule has 2 aromatic carbocycles. The maximum Gasteiger partial charge on any atom is 0.243 e. The number of hydrogen-bond acceptors (Lipinski definition) is 8. The van der Waals surface area contributed by atoms with E-state index >= 15 is 0 Å². The summed E-state index contributed by atoms with van der Waals surface area (Å²) >= 11 is 0. The van der Waals surface area contributed by atoms with Crippen LogP contribution in [0.5, 0.6) is 5.75 Å². The molecule has 0 unspecified atom stereocenters. The van der Waals surface area contributed by atoms with E-state index in [4.69, 9.17) is 4.74 Å². The number of piperazine rings is 1. The van der Waals surface area contributed by atoms with Gasteiger partial charge in [-0.15, -0.1) is 5.10 Å². The molecule has 0 radical (unpaired) electrons. The summed E-state index contributed by atoms with van der Waals surface area (Å²) in [5.41, 5.74) is 1.79. The number of fused-ring (bicyclic) bond motifs is 1. The zero-order valence-corrected chi connectivity index (χ0v) is 18.5. The van der Waals surface area contributed by atoms with Crippen LogP contribution in [0.15, 0.2) is 59.8 Å². The normalized spacial score (nSPS) is 15.2. The van der Waals surface area contributed by atoms with Crippen molar-refractivity contribution in [3.05, 3.63) is 60.7 Å². The third-order valence-corrected chi connectivity index (χ3v) is 7.38. The zero-order chi connectivity index (χ0) is 23.0. The van der Waals surface area contributed by atoms with Crippen LogP contribution in [0.25, 0.3) is 16.9 Å². The lowest BCUT2D eigenvalue weighted by atomic mass is 10.3. The van der Waals surface area contributed by atoms with Crippen molar-refractivity contribution in [3.8, 4) is 11.4 Å². The van der Waals surface area contributed by atoms with Crippen LogP contribution in [0.4, 0.5) is 10.2 Å². The van der Waals surface area contributed by atoms with Crippen LogP contribution in [0, 0.1) is 5.82 Å². The Morgan fingerprint density at radius 2 is 1.79 bits per heavy atom. The monoisotopic (exact) mass is 469 g/mol. The van der Waals surface area contributed by atoms with Gasteiger partial charge in [0.25, 0.3) is 0 Å². The number of rotatable bonds is 5. The minimum absolute atomic E-state index is 0.0541. The minimum atomic E-state index is -3.78. The van der Waals surface area contributed by atoms with Crippen LogP contribution < -0.4 is 9.64 Å². The van der Waals surface area contributed by atoms with E-state index in [9.17, 15) is 12.8 Å². The molecule has 4 aromatic rings. The van der Waals surface area contributed by atoms with Crippen molar-refractivity contribution in [3.63, 3.8) is 0 Å². The van der Waals surface area contributed by atoms with E-state index in [0.29, 0.717) is 35.8 Å². The van der Waals surface area contributed by atoms with Crippen molar-refractivity contribution >= 4 is 27.0 Å². The SMILES string of the molecule is COc1cccc(-n2nnc3c(N4CCN(S(=O)(=O)c5cccc(F)c5)CC4)ncnc32)c1. The Labute approximate surface area is 189 Å². The lowest BCUT2D eigenvalue weighted by Crippen LogP contribution is -2.49. The van der Waals surface area contributed by atoms with Gasteiger partial charge in [-0.05, 0) is 30.3 Å². The molecule has 0 amide bonds. The molecule has 0 saturated carbocycles. The summed E-state index contributed by atoms with van der Waals surface area (Å²) in [7, 11) is -2.19. The van der Waals surface area contributed by atoms with Crippen LogP contribution in [0.1, 0.15) is 0 Å². The van der Waals surface area contributed by atoms with Gasteiger partial charge in [-0.1, -0.05) is 17.3 Å². The third-order valence-electron chi connectivity index (χ3n) is 5.49. The van der Waals surface area contributed by atoms with Crippen molar-refractivity contribution in [1.29, 1.82) is 0 Å². The summed E-state index contributed by atoms with van der Waals surface area (Å²) in [6.07, 6.45) is 1.44. The minimum Gasteiger partial charge on any atom is -0.497 e. The Morgan fingerprint density at radius 3 is 2.55 bits per heavy atom. The van der Waals surface area contributed by atoms with E-state index in [0.717, 1.165) is 11.8 Å². The molecule has 0 aliphatic carbocycles. The van der Waals surface area contributed by atoms with Gasteiger partial charge in [0.1, 0.15) is 17.9 Å². The molecular weight excluding hydrogens is 449 g/mol. The largest absolute Gasteiger partial charge is 0.497 e. The predicted octanol–water partition coefficient (Wildman–Crippen LogP) is 1.87. The number of nitrogens with zero attached hydrogens (tertiary/aromatic N) is 7. The summed E-state index contributed by atoms with van der Waals surface area (Å²) in [5, 5.41) is 8.52. The molecular formula is C21H20FN7O3S. The Kier molecular flexibility index (Phi) is 5.38. The van der Waals surface area contributed by atoms with E-state index in [1.165, 1.54) is 28.8 Å². The van der Waals surface area contributed by atoms with Crippen LogP contribution in [0.3, 0.4) is 0 Å². The summed E-state index contributed by atoms with van der Waals surface area (Å²) < 4.78 is 47.5. The van der Waals surface area contributed by atoms with Gasteiger partial charge in [-0.2, -0.15) is 8.99 Å². The number of aromatic nitrogens is 5. The molecule has 0 bridgehead atoms. The lowest BCUT2D eigenvalue weighted by Gasteiger charge is -2.34. The van der Waals surface area contributed by atoms with Gasteiger partial charge in [0.05, 0.1) is 17.7 Å². The average molecular weight is 470 g/mol. The van der Waals surface area contributed by atoms with Gasteiger partial charge in [-0.3, -0.25) is 0 Å². The number of anilines is 1. The molecule has 3 heterocycles. The topological polar surface area (TPSA) is 106 Å². The van der Waals surface area contributed by atoms with E-state index in [2.05, 4.69) is 20.3 Å². The fourth-order valence-electron chi connectivity index (χ4n) is 3.80. The highest BCUT2D eigenvalue weighted by Crippen LogP contribution is 2.26.